The molecule has 1 aromatic heterocycles. The van der Waals surface area contributed by atoms with E-state index in [1.54, 1.807) is 18.3 Å². The van der Waals surface area contributed by atoms with Gasteiger partial charge in [0.05, 0.1) is 17.6 Å². The second-order valence-electron chi connectivity index (χ2n) is 3.52. The Morgan fingerprint density at radius 3 is 2.61 bits per heavy atom. The first kappa shape index (κ1) is 12.4. The van der Waals surface area contributed by atoms with E-state index in [0.717, 1.165) is 0 Å². The van der Waals surface area contributed by atoms with Crippen molar-refractivity contribution in [2.75, 3.05) is 5.32 Å². The summed E-state index contributed by atoms with van der Waals surface area (Å²) in [6.45, 7) is 0. The van der Waals surface area contributed by atoms with Crippen LogP contribution in [0.1, 0.15) is 5.56 Å². The van der Waals surface area contributed by atoms with Crippen molar-refractivity contribution < 1.29 is 8.78 Å². The number of nitrogens with zero attached hydrogens (tertiary/aromatic N) is 1. The molecule has 0 aliphatic rings. The standard InChI is InChI=1S/C12H9F2N3S/c13-10-8(12(15)18)3-4-9(11(10)14)17-7-2-1-5-16-6-7/h1-6,17H,(H2,15,18). The number of rotatable bonds is 3. The molecule has 0 unspecified atom stereocenters. The Morgan fingerprint density at radius 2 is 2.00 bits per heavy atom. The maximum absolute atomic E-state index is 13.7. The fourth-order valence-electron chi connectivity index (χ4n) is 1.43. The topological polar surface area (TPSA) is 50.9 Å². The van der Waals surface area contributed by atoms with Crippen molar-refractivity contribution in [2.24, 2.45) is 5.73 Å². The molecule has 2 rings (SSSR count). The molecule has 0 saturated heterocycles. The van der Waals surface area contributed by atoms with Gasteiger partial charge in [0.1, 0.15) is 4.99 Å². The molecule has 2 aromatic rings. The van der Waals surface area contributed by atoms with Crippen molar-refractivity contribution in [1.29, 1.82) is 0 Å². The van der Waals surface area contributed by atoms with E-state index < -0.39 is 11.6 Å². The van der Waals surface area contributed by atoms with Crippen LogP contribution >= 0.6 is 12.2 Å². The summed E-state index contributed by atoms with van der Waals surface area (Å²) in [5, 5.41) is 2.72. The minimum atomic E-state index is -1.06. The number of aromatic nitrogens is 1. The molecule has 0 fully saturated rings. The van der Waals surface area contributed by atoms with Crippen LogP contribution in [0.25, 0.3) is 0 Å². The first-order valence-electron chi connectivity index (χ1n) is 5.04. The average molecular weight is 265 g/mol. The fraction of sp³-hybridized carbons (Fsp3) is 0. The van der Waals surface area contributed by atoms with Gasteiger partial charge in [0.25, 0.3) is 0 Å². The number of nitrogens with one attached hydrogen (secondary N) is 1. The van der Waals surface area contributed by atoms with E-state index in [9.17, 15) is 8.78 Å². The highest BCUT2D eigenvalue weighted by molar-refractivity contribution is 7.80. The maximum atomic E-state index is 13.7. The van der Waals surface area contributed by atoms with Crippen LogP contribution in [-0.2, 0) is 0 Å². The van der Waals surface area contributed by atoms with E-state index in [2.05, 4.69) is 22.5 Å². The van der Waals surface area contributed by atoms with Crippen LogP contribution in [0.2, 0.25) is 0 Å². The Labute approximate surface area is 108 Å². The molecule has 92 valence electrons. The van der Waals surface area contributed by atoms with Gasteiger partial charge in [-0.2, -0.15) is 0 Å². The van der Waals surface area contributed by atoms with Crippen LogP contribution < -0.4 is 11.1 Å². The molecule has 18 heavy (non-hydrogen) atoms. The molecule has 0 bridgehead atoms. The number of hydrogen-bond donors (Lipinski definition) is 2. The third kappa shape index (κ3) is 2.43. The lowest BCUT2D eigenvalue weighted by atomic mass is 10.1. The highest BCUT2D eigenvalue weighted by Crippen LogP contribution is 2.23. The number of thiocarbonyl (C=S) groups is 1. The summed E-state index contributed by atoms with van der Waals surface area (Å²) in [6.07, 6.45) is 3.08. The van der Waals surface area contributed by atoms with Gasteiger partial charge in [0.2, 0.25) is 0 Å². The van der Waals surface area contributed by atoms with E-state index >= 15 is 0 Å². The van der Waals surface area contributed by atoms with Crippen LogP contribution in [0.15, 0.2) is 36.7 Å². The van der Waals surface area contributed by atoms with Crippen molar-refractivity contribution in [2.45, 2.75) is 0 Å². The van der Waals surface area contributed by atoms with Gasteiger partial charge in [-0.05, 0) is 24.3 Å². The van der Waals surface area contributed by atoms with Gasteiger partial charge in [-0.3, -0.25) is 4.98 Å². The maximum Gasteiger partial charge on any atom is 0.182 e. The van der Waals surface area contributed by atoms with E-state index in [1.807, 2.05) is 0 Å². The third-order valence-electron chi connectivity index (χ3n) is 2.29. The Bertz CT molecular complexity index is 587. The predicted molar refractivity (Wildman–Crippen MR) is 69.8 cm³/mol. The molecule has 0 aliphatic heterocycles. The van der Waals surface area contributed by atoms with Gasteiger partial charge in [0.15, 0.2) is 11.6 Å². The number of hydrogen-bond acceptors (Lipinski definition) is 3. The summed E-state index contributed by atoms with van der Waals surface area (Å²) in [6, 6.07) is 6.07. The van der Waals surface area contributed by atoms with Crippen molar-refractivity contribution >= 4 is 28.6 Å². The van der Waals surface area contributed by atoms with Crippen LogP contribution in [-0.4, -0.2) is 9.97 Å². The lowest BCUT2D eigenvalue weighted by Gasteiger charge is -2.09. The Kier molecular flexibility index (Phi) is 3.47. The van der Waals surface area contributed by atoms with E-state index in [-0.39, 0.29) is 16.2 Å². The molecule has 6 heteroatoms. The van der Waals surface area contributed by atoms with Crippen molar-refractivity contribution in [3.8, 4) is 0 Å². The molecule has 0 amide bonds. The average Bonchev–Trinajstić information content (AvgIpc) is 2.36. The molecule has 3 N–H and O–H groups in total. The number of halogens is 2. The van der Waals surface area contributed by atoms with E-state index in [1.165, 1.54) is 18.3 Å². The number of benzene rings is 1. The number of nitrogens with two attached hydrogens (primary N) is 1. The molecule has 0 spiro atoms. The third-order valence-corrected chi connectivity index (χ3v) is 2.51. The van der Waals surface area contributed by atoms with Crippen molar-refractivity contribution in [3.05, 3.63) is 53.9 Å². The normalized spacial score (nSPS) is 10.1. The summed E-state index contributed by atoms with van der Waals surface area (Å²) in [4.78, 5) is 3.68. The first-order chi connectivity index (χ1) is 8.59. The molecule has 0 saturated carbocycles. The quantitative estimate of drug-likeness (QED) is 0.838. The summed E-state index contributed by atoms with van der Waals surface area (Å²) in [7, 11) is 0. The summed E-state index contributed by atoms with van der Waals surface area (Å²) in [5.41, 5.74) is 5.72. The zero-order chi connectivity index (χ0) is 13.1. The predicted octanol–water partition coefficient (Wildman–Crippen LogP) is 2.74. The second kappa shape index (κ2) is 5.05. The number of pyridine rings is 1. The largest absolute Gasteiger partial charge is 0.389 e. The minimum absolute atomic E-state index is 0.000463. The highest BCUT2D eigenvalue weighted by Gasteiger charge is 2.14. The molecule has 1 heterocycles. The van der Waals surface area contributed by atoms with Crippen LogP contribution in [0, 0.1) is 11.6 Å². The lowest BCUT2D eigenvalue weighted by molar-refractivity contribution is 0.510. The van der Waals surface area contributed by atoms with E-state index in [4.69, 9.17) is 5.73 Å². The Morgan fingerprint density at radius 1 is 1.22 bits per heavy atom. The summed E-state index contributed by atoms with van der Waals surface area (Å²) < 4.78 is 27.4. The van der Waals surface area contributed by atoms with Crippen molar-refractivity contribution in [1.82, 2.24) is 4.98 Å². The van der Waals surface area contributed by atoms with Gasteiger partial charge in [-0.25, -0.2) is 8.78 Å². The summed E-state index contributed by atoms with van der Waals surface area (Å²) >= 11 is 4.62. The van der Waals surface area contributed by atoms with Gasteiger partial charge >= 0.3 is 0 Å². The van der Waals surface area contributed by atoms with Crippen LogP contribution in [0.5, 0.6) is 0 Å². The first-order valence-corrected chi connectivity index (χ1v) is 5.45. The molecular formula is C12H9F2N3S. The smallest absolute Gasteiger partial charge is 0.182 e. The summed E-state index contributed by atoms with van der Waals surface area (Å²) in [5.74, 6) is -2.08. The second-order valence-corrected chi connectivity index (χ2v) is 3.96. The Balaban J connectivity index is 2.36. The van der Waals surface area contributed by atoms with Gasteiger partial charge in [0, 0.05) is 11.8 Å². The minimum Gasteiger partial charge on any atom is -0.389 e. The lowest BCUT2D eigenvalue weighted by Crippen LogP contribution is -2.13. The monoisotopic (exact) mass is 265 g/mol. The molecular weight excluding hydrogens is 256 g/mol. The van der Waals surface area contributed by atoms with Crippen LogP contribution in [0.3, 0.4) is 0 Å². The van der Waals surface area contributed by atoms with Gasteiger partial charge < -0.3 is 11.1 Å². The van der Waals surface area contributed by atoms with E-state index in [0.29, 0.717) is 5.69 Å². The zero-order valence-electron chi connectivity index (χ0n) is 9.15. The molecule has 0 aliphatic carbocycles. The highest BCUT2D eigenvalue weighted by atomic mass is 32.1. The van der Waals surface area contributed by atoms with Crippen molar-refractivity contribution in [3.63, 3.8) is 0 Å². The molecule has 0 radical (unpaired) electrons. The molecule has 3 nitrogen and oxygen atoms in total. The fourth-order valence-corrected chi connectivity index (χ4v) is 1.59. The zero-order valence-corrected chi connectivity index (χ0v) is 9.97. The van der Waals surface area contributed by atoms with Crippen LogP contribution in [0.4, 0.5) is 20.2 Å². The Hall–Kier alpha value is -2.08. The SMILES string of the molecule is NC(=S)c1ccc(Nc2cccnc2)c(F)c1F. The van der Waals surface area contributed by atoms with Gasteiger partial charge in [-0.1, -0.05) is 12.2 Å². The van der Waals surface area contributed by atoms with Gasteiger partial charge in [-0.15, -0.1) is 0 Å². The number of anilines is 2. The molecule has 1 aromatic carbocycles. The molecule has 0 atom stereocenters.